The number of carbonyl (C=O) groups excluding carboxylic acids is 2. The van der Waals surface area contributed by atoms with Crippen molar-refractivity contribution >= 4 is 12.0 Å². The van der Waals surface area contributed by atoms with Crippen molar-refractivity contribution in [2.24, 2.45) is 0 Å². The molecule has 0 unspecified atom stereocenters. The molecule has 1 fully saturated rings. The summed E-state index contributed by atoms with van der Waals surface area (Å²) in [5.41, 5.74) is 3.18. The lowest BCUT2D eigenvalue weighted by Crippen LogP contribution is -2.49. The predicted molar refractivity (Wildman–Crippen MR) is 126 cm³/mol. The largest absolute Gasteiger partial charge is 0.497 e. The Kier molecular flexibility index (Phi) is 7.29. The number of amides is 2. The second-order valence-corrected chi connectivity index (χ2v) is 8.40. The molecule has 4 rings (SSSR count). The third kappa shape index (κ3) is 5.37. The van der Waals surface area contributed by atoms with Gasteiger partial charge in [-0.3, -0.25) is 4.90 Å². The Morgan fingerprint density at radius 2 is 1.85 bits per heavy atom. The van der Waals surface area contributed by atoms with Crippen LogP contribution in [0.1, 0.15) is 42.9 Å². The van der Waals surface area contributed by atoms with Crippen molar-refractivity contribution in [3.8, 4) is 5.75 Å². The van der Waals surface area contributed by atoms with Crippen LogP contribution in [0.3, 0.4) is 0 Å². The minimum atomic E-state index is -0.589. The Morgan fingerprint density at radius 1 is 1.09 bits per heavy atom. The molecular formula is C26H31N3O4. The number of esters is 1. The van der Waals surface area contributed by atoms with Crippen LogP contribution in [0.2, 0.25) is 0 Å². The maximum atomic E-state index is 13.0. The minimum Gasteiger partial charge on any atom is -0.497 e. The first kappa shape index (κ1) is 22.9. The first-order chi connectivity index (χ1) is 16.1. The zero-order valence-corrected chi connectivity index (χ0v) is 19.2. The van der Waals surface area contributed by atoms with Crippen molar-refractivity contribution in [3.05, 3.63) is 77.0 Å². The van der Waals surface area contributed by atoms with E-state index in [1.54, 1.807) is 14.0 Å². The van der Waals surface area contributed by atoms with Crippen LogP contribution in [0.5, 0.6) is 5.75 Å². The molecule has 0 aromatic heterocycles. The second kappa shape index (κ2) is 10.5. The van der Waals surface area contributed by atoms with Crippen LogP contribution in [-0.4, -0.2) is 50.3 Å². The van der Waals surface area contributed by atoms with E-state index >= 15 is 0 Å². The predicted octanol–water partition coefficient (Wildman–Crippen LogP) is 3.75. The van der Waals surface area contributed by atoms with Gasteiger partial charge in [-0.1, -0.05) is 42.5 Å². The summed E-state index contributed by atoms with van der Waals surface area (Å²) in [6.45, 7) is 4.32. The average molecular weight is 450 g/mol. The summed E-state index contributed by atoms with van der Waals surface area (Å²) >= 11 is 0. The van der Waals surface area contributed by atoms with Crippen LogP contribution in [0, 0.1) is 0 Å². The minimum absolute atomic E-state index is 0.263. The van der Waals surface area contributed by atoms with Gasteiger partial charge >= 0.3 is 12.0 Å². The molecule has 174 valence electrons. The molecule has 0 aliphatic carbocycles. The fraction of sp³-hybridized carbons (Fsp3) is 0.385. The highest BCUT2D eigenvalue weighted by Gasteiger charge is 2.35. The van der Waals surface area contributed by atoms with Gasteiger partial charge in [0, 0.05) is 18.8 Å². The van der Waals surface area contributed by atoms with Crippen molar-refractivity contribution in [1.82, 2.24) is 15.5 Å². The number of nitrogens with zero attached hydrogens (tertiary/aromatic N) is 1. The van der Waals surface area contributed by atoms with E-state index in [0.717, 1.165) is 31.5 Å². The molecule has 2 aliphatic heterocycles. The first-order valence-corrected chi connectivity index (χ1v) is 11.5. The van der Waals surface area contributed by atoms with Gasteiger partial charge in [-0.05, 0) is 55.5 Å². The molecule has 2 amide bonds. The fourth-order valence-corrected chi connectivity index (χ4v) is 4.66. The van der Waals surface area contributed by atoms with Crippen LogP contribution in [0.15, 0.2) is 65.9 Å². The zero-order valence-electron chi connectivity index (χ0n) is 19.2. The monoisotopic (exact) mass is 449 g/mol. The first-order valence-electron chi connectivity index (χ1n) is 11.5. The SMILES string of the molecule is CCOC(=O)C1=C(CN2CCC[C@H](c3ccccc3)C2)NC(=O)N[C@H]1c1ccc(OC)cc1. The van der Waals surface area contributed by atoms with Gasteiger partial charge in [-0.2, -0.15) is 0 Å². The number of urea groups is 1. The maximum Gasteiger partial charge on any atom is 0.338 e. The van der Waals surface area contributed by atoms with Gasteiger partial charge in [0.2, 0.25) is 0 Å². The number of hydrogen-bond acceptors (Lipinski definition) is 5. The maximum absolute atomic E-state index is 13.0. The highest BCUT2D eigenvalue weighted by Crippen LogP contribution is 2.31. The molecule has 0 saturated carbocycles. The molecular weight excluding hydrogens is 418 g/mol. The summed E-state index contributed by atoms with van der Waals surface area (Å²) in [4.78, 5) is 27.9. The van der Waals surface area contributed by atoms with Crippen molar-refractivity contribution in [1.29, 1.82) is 0 Å². The number of nitrogens with one attached hydrogen (secondary N) is 2. The molecule has 2 heterocycles. The third-order valence-electron chi connectivity index (χ3n) is 6.26. The molecule has 2 aromatic carbocycles. The van der Waals surface area contributed by atoms with Gasteiger partial charge in [-0.25, -0.2) is 9.59 Å². The molecule has 2 atom stereocenters. The Labute approximate surface area is 194 Å². The Balaban J connectivity index is 1.63. The Morgan fingerprint density at radius 3 is 2.55 bits per heavy atom. The van der Waals surface area contributed by atoms with Crippen LogP contribution in [-0.2, 0) is 9.53 Å². The number of methoxy groups -OCH3 is 1. The van der Waals surface area contributed by atoms with Gasteiger partial charge in [-0.15, -0.1) is 0 Å². The summed E-state index contributed by atoms with van der Waals surface area (Å²) in [6.07, 6.45) is 2.20. The van der Waals surface area contributed by atoms with Crippen molar-refractivity contribution < 1.29 is 19.1 Å². The Bertz CT molecular complexity index is 1000. The van der Waals surface area contributed by atoms with Crippen LogP contribution in [0.25, 0.3) is 0 Å². The van der Waals surface area contributed by atoms with E-state index in [0.29, 0.717) is 29.5 Å². The molecule has 0 spiro atoms. The van der Waals surface area contributed by atoms with Crippen LogP contribution >= 0.6 is 0 Å². The molecule has 0 radical (unpaired) electrons. The highest BCUT2D eigenvalue weighted by molar-refractivity contribution is 5.95. The Hall–Kier alpha value is -3.32. The van der Waals surface area contributed by atoms with E-state index in [1.165, 1.54) is 5.56 Å². The van der Waals surface area contributed by atoms with Crippen LogP contribution in [0.4, 0.5) is 4.79 Å². The zero-order chi connectivity index (χ0) is 23.2. The summed E-state index contributed by atoms with van der Waals surface area (Å²) in [5.74, 6) is 0.722. The number of ether oxygens (including phenoxy) is 2. The van der Waals surface area contributed by atoms with Gasteiger partial charge in [0.15, 0.2) is 0 Å². The molecule has 1 saturated heterocycles. The van der Waals surface area contributed by atoms with Crippen molar-refractivity contribution in [2.75, 3.05) is 33.4 Å². The molecule has 7 heteroatoms. The smallest absolute Gasteiger partial charge is 0.338 e. The van der Waals surface area contributed by atoms with E-state index in [4.69, 9.17) is 9.47 Å². The molecule has 2 aliphatic rings. The van der Waals surface area contributed by atoms with E-state index < -0.39 is 12.0 Å². The summed E-state index contributed by atoms with van der Waals surface area (Å²) < 4.78 is 10.6. The fourth-order valence-electron chi connectivity index (χ4n) is 4.66. The third-order valence-corrected chi connectivity index (χ3v) is 6.26. The van der Waals surface area contributed by atoms with Crippen molar-refractivity contribution in [2.45, 2.75) is 31.7 Å². The number of rotatable bonds is 7. The molecule has 0 bridgehead atoms. The topological polar surface area (TPSA) is 79.9 Å². The van der Waals surface area contributed by atoms with Gasteiger partial charge in [0.1, 0.15) is 5.75 Å². The summed E-state index contributed by atoms with van der Waals surface area (Å²) in [7, 11) is 1.60. The van der Waals surface area contributed by atoms with Gasteiger partial charge in [0.05, 0.1) is 25.3 Å². The van der Waals surface area contributed by atoms with E-state index in [1.807, 2.05) is 30.3 Å². The average Bonchev–Trinajstić information content (AvgIpc) is 2.84. The van der Waals surface area contributed by atoms with E-state index in [9.17, 15) is 9.59 Å². The molecule has 2 N–H and O–H groups in total. The van der Waals surface area contributed by atoms with E-state index in [-0.39, 0.29) is 12.6 Å². The standard InChI is InChI=1S/C26H31N3O4/c1-3-33-25(30)23-22(17-29-15-7-10-20(16-29)18-8-5-4-6-9-18)27-26(31)28-24(23)19-11-13-21(32-2)14-12-19/h4-6,8-9,11-14,20,24H,3,7,10,15-17H2,1-2H3,(H2,27,28,31)/t20-,24-/m0/s1. The van der Waals surface area contributed by atoms with Crippen LogP contribution < -0.4 is 15.4 Å². The summed E-state index contributed by atoms with van der Waals surface area (Å²) in [6, 6.07) is 17.0. The normalized spacial score (nSPS) is 21.2. The second-order valence-electron chi connectivity index (χ2n) is 8.40. The lowest BCUT2D eigenvalue weighted by molar-refractivity contribution is -0.139. The number of carbonyl (C=O) groups is 2. The van der Waals surface area contributed by atoms with E-state index in [2.05, 4.69) is 39.8 Å². The number of hydrogen-bond donors (Lipinski definition) is 2. The number of piperidine rings is 1. The van der Waals surface area contributed by atoms with Gasteiger partial charge in [0.25, 0.3) is 0 Å². The lowest BCUT2D eigenvalue weighted by atomic mass is 9.90. The summed E-state index contributed by atoms with van der Waals surface area (Å²) in [5, 5.41) is 5.79. The number of benzene rings is 2. The van der Waals surface area contributed by atoms with Crippen molar-refractivity contribution in [3.63, 3.8) is 0 Å². The lowest BCUT2D eigenvalue weighted by Gasteiger charge is -2.36. The molecule has 7 nitrogen and oxygen atoms in total. The quantitative estimate of drug-likeness (QED) is 0.630. The number of likely N-dealkylation sites (tertiary alicyclic amines) is 1. The highest BCUT2D eigenvalue weighted by atomic mass is 16.5. The molecule has 2 aromatic rings. The van der Waals surface area contributed by atoms with Gasteiger partial charge < -0.3 is 20.1 Å². The molecule has 33 heavy (non-hydrogen) atoms.